The SMILES string of the molecule is NC(=O)c1ccc(N2CCCC(c3cccc(C(F)(F)F)c3)C2)nc1. The molecular weight excluding hydrogens is 331 g/mol. The number of carbonyl (C=O) groups is 1. The highest BCUT2D eigenvalue weighted by Crippen LogP contribution is 2.34. The molecule has 1 atom stereocenters. The molecule has 1 fully saturated rings. The first-order chi connectivity index (χ1) is 11.8. The minimum Gasteiger partial charge on any atom is -0.366 e. The van der Waals surface area contributed by atoms with Crippen LogP contribution in [-0.2, 0) is 6.18 Å². The van der Waals surface area contributed by atoms with Crippen molar-refractivity contribution in [2.45, 2.75) is 24.9 Å². The van der Waals surface area contributed by atoms with Crippen molar-refractivity contribution in [2.24, 2.45) is 5.73 Å². The number of pyridine rings is 1. The molecule has 25 heavy (non-hydrogen) atoms. The topological polar surface area (TPSA) is 59.2 Å². The van der Waals surface area contributed by atoms with E-state index in [-0.39, 0.29) is 5.92 Å². The summed E-state index contributed by atoms with van der Waals surface area (Å²) in [5.74, 6) is 0.162. The lowest BCUT2D eigenvalue weighted by molar-refractivity contribution is -0.137. The third kappa shape index (κ3) is 3.92. The number of halogens is 3. The summed E-state index contributed by atoms with van der Waals surface area (Å²) in [6.07, 6.45) is -1.22. The minimum absolute atomic E-state index is 0.00802. The van der Waals surface area contributed by atoms with E-state index in [4.69, 9.17) is 5.73 Å². The Balaban J connectivity index is 1.78. The fraction of sp³-hybridized carbons (Fsp3) is 0.333. The molecule has 0 bridgehead atoms. The van der Waals surface area contributed by atoms with Crippen molar-refractivity contribution in [3.05, 3.63) is 59.3 Å². The monoisotopic (exact) mass is 349 g/mol. The van der Waals surface area contributed by atoms with Crippen LogP contribution in [0.1, 0.15) is 40.2 Å². The summed E-state index contributed by atoms with van der Waals surface area (Å²) in [5.41, 5.74) is 5.60. The van der Waals surface area contributed by atoms with Crippen LogP contribution in [0.5, 0.6) is 0 Å². The van der Waals surface area contributed by atoms with Crippen LogP contribution in [0.4, 0.5) is 19.0 Å². The summed E-state index contributed by atoms with van der Waals surface area (Å²) < 4.78 is 38.8. The van der Waals surface area contributed by atoms with Gasteiger partial charge < -0.3 is 10.6 Å². The van der Waals surface area contributed by atoms with Crippen molar-refractivity contribution in [2.75, 3.05) is 18.0 Å². The Morgan fingerprint density at radius 1 is 1.24 bits per heavy atom. The highest BCUT2D eigenvalue weighted by molar-refractivity contribution is 5.92. The molecule has 0 spiro atoms. The molecule has 132 valence electrons. The molecule has 7 heteroatoms. The summed E-state index contributed by atoms with van der Waals surface area (Å²) in [5, 5.41) is 0. The van der Waals surface area contributed by atoms with E-state index in [2.05, 4.69) is 4.98 Å². The Kier molecular flexibility index (Phi) is 4.65. The number of carbonyl (C=O) groups excluding carboxylic acids is 1. The lowest BCUT2D eigenvalue weighted by Crippen LogP contribution is -2.35. The quantitative estimate of drug-likeness (QED) is 0.921. The first kappa shape index (κ1) is 17.3. The summed E-state index contributed by atoms with van der Waals surface area (Å²) in [4.78, 5) is 17.4. The zero-order valence-electron chi connectivity index (χ0n) is 13.5. The van der Waals surface area contributed by atoms with Gasteiger partial charge in [-0.05, 0) is 36.6 Å². The van der Waals surface area contributed by atoms with Crippen LogP contribution in [0.25, 0.3) is 0 Å². The molecule has 1 amide bonds. The van der Waals surface area contributed by atoms with E-state index in [0.29, 0.717) is 23.5 Å². The van der Waals surface area contributed by atoms with Gasteiger partial charge in [0.25, 0.3) is 0 Å². The Morgan fingerprint density at radius 3 is 2.68 bits per heavy atom. The van der Waals surface area contributed by atoms with Crippen LogP contribution in [-0.4, -0.2) is 24.0 Å². The van der Waals surface area contributed by atoms with Crippen molar-refractivity contribution in [1.82, 2.24) is 4.98 Å². The van der Waals surface area contributed by atoms with Gasteiger partial charge in [0.15, 0.2) is 0 Å². The van der Waals surface area contributed by atoms with Crippen molar-refractivity contribution in [3.63, 3.8) is 0 Å². The smallest absolute Gasteiger partial charge is 0.366 e. The second-order valence-electron chi connectivity index (χ2n) is 6.18. The van der Waals surface area contributed by atoms with Crippen LogP contribution < -0.4 is 10.6 Å². The van der Waals surface area contributed by atoms with Gasteiger partial charge in [-0.3, -0.25) is 4.79 Å². The van der Waals surface area contributed by atoms with E-state index in [0.717, 1.165) is 25.5 Å². The average Bonchev–Trinajstić information content (AvgIpc) is 2.61. The largest absolute Gasteiger partial charge is 0.416 e. The Bertz CT molecular complexity index is 759. The number of benzene rings is 1. The first-order valence-corrected chi connectivity index (χ1v) is 8.02. The van der Waals surface area contributed by atoms with E-state index in [9.17, 15) is 18.0 Å². The van der Waals surface area contributed by atoms with Crippen LogP contribution in [0.2, 0.25) is 0 Å². The van der Waals surface area contributed by atoms with E-state index in [1.807, 2.05) is 4.90 Å². The van der Waals surface area contributed by atoms with Crippen LogP contribution in [0, 0.1) is 0 Å². The molecule has 0 saturated carbocycles. The summed E-state index contributed by atoms with van der Waals surface area (Å²) >= 11 is 0. The van der Waals surface area contributed by atoms with Crippen LogP contribution in [0.3, 0.4) is 0 Å². The number of amides is 1. The molecule has 0 radical (unpaired) electrons. The van der Waals surface area contributed by atoms with Crippen molar-refractivity contribution in [3.8, 4) is 0 Å². The Morgan fingerprint density at radius 2 is 2.04 bits per heavy atom. The molecule has 1 unspecified atom stereocenters. The number of anilines is 1. The Labute approximate surface area is 143 Å². The second kappa shape index (κ2) is 6.74. The number of rotatable bonds is 3. The molecule has 4 nitrogen and oxygen atoms in total. The first-order valence-electron chi connectivity index (χ1n) is 8.02. The van der Waals surface area contributed by atoms with Crippen molar-refractivity contribution in [1.29, 1.82) is 0 Å². The molecule has 0 aliphatic carbocycles. The second-order valence-corrected chi connectivity index (χ2v) is 6.18. The number of nitrogens with two attached hydrogens (primary N) is 1. The molecular formula is C18H18F3N3O. The summed E-state index contributed by atoms with van der Waals surface area (Å²) in [7, 11) is 0. The minimum atomic E-state index is -4.34. The summed E-state index contributed by atoms with van der Waals surface area (Å²) in [6.45, 7) is 1.36. The molecule has 2 aromatic rings. The molecule has 1 saturated heterocycles. The number of nitrogens with zero attached hydrogens (tertiary/aromatic N) is 2. The maximum Gasteiger partial charge on any atom is 0.416 e. The van der Waals surface area contributed by atoms with Crippen molar-refractivity contribution < 1.29 is 18.0 Å². The van der Waals surface area contributed by atoms with E-state index < -0.39 is 17.6 Å². The zero-order chi connectivity index (χ0) is 18.0. The van der Waals surface area contributed by atoms with Crippen molar-refractivity contribution >= 4 is 11.7 Å². The third-order valence-electron chi connectivity index (χ3n) is 4.46. The number of hydrogen-bond donors (Lipinski definition) is 1. The summed E-state index contributed by atoms with van der Waals surface area (Å²) in [6, 6.07) is 8.85. The van der Waals surface area contributed by atoms with Gasteiger partial charge in [-0.2, -0.15) is 13.2 Å². The number of primary amides is 1. The van der Waals surface area contributed by atoms with E-state index in [1.165, 1.54) is 18.3 Å². The average molecular weight is 349 g/mol. The lowest BCUT2D eigenvalue weighted by atomic mass is 9.89. The molecule has 1 aliphatic rings. The molecule has 1 aromatic heterocycles. The van der Waals surface area contributed by atoms with Gasteiger partial charge >= 0.3 is 6.18 Å². The van der Waals surface area contributed by atoms with Gasteiger partial charge in [0.1, 0.15) is 5.82 Å². The van der Waals surface area contributed by atoms with Gasteiger partial charge in [0.2, 0.25) is 5.91 Å². The zero-order valence-corrected chi connectivity index (χ0v) is 13.5. The van der Waals surface area contributed by atoms with Gasteiger partial charge in [-0.15, -0.1) is 0 Å². The highest BCUT2D eigenvalue weighted by atomic mass is 19.4. The molecule has 2 N–H and O–H groups in total. The molecule has 2 heterocycles. The van der Waals surface area contributed by atoms with Gasteiger partial charge in [-0.25, -0.2) is 4.98 Å². The predicted octanol–water partition coefficient (Wildman–Crippen LogP) is 3.58. The number of piperidine rings is 1. The molecule has 1 aromatic carbocycles. The highest BCUT2D eigenvalue weighted by Gasteiger charge is 2.31. The fourth-order valence-corrected chi connectivity index (χ4v) is 3.15. The van der Waals surface area contributed by atoms with Gasteiger partial charge in [0.05, 0.1) is 11.1 Å². The lowest BCUT2D eigenvalue weighted by Gasteiger charge is -2.34. The van der Waals surface area contributed by atoms with Crippen LogP contribution in [0.15, 0.2) is 42.6 Å². The molecule has 3 rings (SSSR count). The van der Waals surface area contributed by atoms with E-state index in [1.54, 1.807) is 18.2 Å². The maximum atomic E-state index is 12.9. The van der Waals surface area contributed by atoms with E-state index >= 15 is 0 Å². The number of alkyl halides is 3. The van der Waals surface area contributed by atoms with Crippen LogP contribution >= 0.6 is 0 Å². The number of hydrogen-bond acceptors (Lipinski definition) is 3. The fourth-order valence-electron chi connectivity index (χ4n) is 3.15. The normalized spacial score (nSPS) is 18.2. The van der Waals surface area contributed by atoms with Gasteiger partial charge in [-0.1, -0.05) is 18.2 Å². The van der Waals surface area contributed by atoms with Gasteiger partial charge in [0, 0.05) is 25.2 Å². The standard InChI is InChI=1S/C18H18F3N3O/c19-18(20,21)15-5-1-3-12(9-15)14-4-2-8-24(11-14)16-7-6-13(10-23-16)17(22)25/h1,3,5-7,9-10,14H,2,4,8,11H2,(H2,22,25). The number of aromatic nitrogens is 1. The Hall–Kier alpha value is -2.57. The molecule has 1 aliphatic heterocycles. The maximum absolute atomic E-state index is 12.9. The third-order valence-corrected chi connectivity index (χ3v) is 4.46. The predicted molar refractivity (Wildman–Crippen MR) is 88.4 cm³/mol.